The van der Waals surface area contributed by atoms with Gasteiger partial charge in [0.1, 0.15) is 11.6 Å². The van der Waals surface area contributed by atoms with Crippen molar-refractivity contribution in [1.29, 1.82) is 0 Å². The van der Waals surface area contributed by atoms with Crippen molar-refractivity contribution in [3.05, 3.63) is 84.2 Å². The molecule has 5 rings (SSSR count). The van der Waals surface area contributed by atoms with Crippen LogP contribution in [-0.4, -0.2) is 31.6 Å². The Bertz CT molecular complexity index is 1250. The maximum absolute atomic E-state index is 13.7. The summed E-state index contributed by atoms with van der Waals surface area (Å²) in [4.78, 5) is 12.7. The van der Waals surface area contributed by atoms with E-state index >= 15 is 0 Å². The largest absolute Gasteiger partial charge is 0.467 e. The average molecular weight is 456 g/mol. The van der Waals surface area contributed by atoms with Gasteiger partial charge in [0.25, 0.3) is 5.91 Å². The minimum atomic E-state index is -4.54. The maximum Gasteiger partial charge on any atom is 0.410 e. The van der Waals surface area contributed by atoms with E-state index in [0.29, 0.717) is 18.0 Å². The van der Waals surface area contributed by atoms with Crippen molar-refractivity contribution >= 4 is 17.4 Å². The summed E-state index contributed by atoms with van der Waals surface area (Å²) >= 11 is 0. The van der Waals surface area contributed by atoms with Gasteiger partial charge in [-0.3, -0.25) is 9.48 Å². The second-order valence-electron chi connectivity index (χ2n) is 7.73. The van der Waals surface area contributed by atoms with E-state index in [4.69, 9.17) is 4.42 Å². The molecule has 4 aromatic rings. The zero-order chi connectivity index (χ0) is 23.0. The number of rotatable bonds is 5. The lowest BCUT2D eigenvalue weighted by molar-refractivity contribution is -0.174. The fourth-order valence-electron chi connectivity index (χ4n) is 3.84. The molecule has 4 heterocycles. The highest BCUT2D eigenvalue weighted by Crippen LogP contribution is 2.43. The number of amides is 1. The van der Waals surface area contributed by atoms with Gasteiger partial charge in [0.2, 0.25) is 0 Å². The predicted molar refractivity (Wildman–Crippen MR) is 113 cm³/mol. The van der Waals surface area contributed by atoms with E-state index in [-0.39, 0.29) is 17.9 Å². The molecule has 0 aliphatic carbocycles. The third-order valence-electron chi connectivity index (χ3n) is 5.39. The molecule has 2 N–H and O–H groups in total. The Labute approximate surface area is 186 Å². The summed E-state index contributed by atoms with van der Waals surface area (Å²) in [5.41, 5.74) is 1.31. The van der Waals surface area contributed by atoms with Crippen LogP contribution in [0.25, 0.3) is 0 Å². The first-order chi connectivity index (χ1) is 15.9. The van der Waals surface area contributed by atoms with Gasteiger partial charge in [-0.15, -0.1) is 0 Å². The zero-order valence-electron chi connectivity index (χ0n) is 17.2. The van der Waals surface area contributed by atoms with Crippen LogP contribution < -0.4 is 10.6 Å². The summed E-state index contributed by atoms with van der Waals surface area (Å²) in [6.07, 6.45) is -0.327. The van der Waals surface area contributed by atoms with Crippen LogP contribution in [-0.2, 0) is 6.54 Å². The number of anilines is 2. The fourth-order valence-corrected chi connectivity index (χ4v) is 3.84. The van der Waals surface area contributed by atoms with Gasteiger partial charge in [-0.1, -0.05) is 30.3 Å². The SMILES string of the molecule is O=C(Nc1cnn(Cc2ccccc2)c1)c1cc2n(n1)C(C(F)(F)F)CC(c1ccco1)N2. The van der Waals surface area contributed by atoms with Crippen LogP contribution in [0.2, 0.25) is 0 Å². The highest BCUT2D eigenvalue weighted by molar-refractivity contribution is 6.03. The molecule has 11 heteroatoms. The molecule has 0 saturated heterocycles. The van der Waals surface area contributed by atoms with Crippen molar-refractivity contribution in [2.75, 3.05) is 10.6 Å². The van der Waals surface area contributed by atoms with E-state index in [1.165, 1.54) is 18.5 Å². The van der Waals surface area contributed by atoms with Crippen molar-refractivity contribution in [3.63, 3.8) is 0 Å². The van der Waals surface area contributed by atoms with Crippen LogP contribution in [0.1, 0.15) is 40.3 Å². The molecule has 0 fully saturated rings. The first-order valence-electron chi connectivity index (χ1n) is 10.2. The van der Waals surface area contributed by atoms with Gasteiger partial charge in [-0.25, -0.2) is 4.68 Å². The summed E-state index contributed by atoms with van der Waals surface area (Å²) in [6.45, 7) is 0.515. The second-order valence-corrected chi connectivity index (χ2v) is 7.73. The minimum Gasteiger partial charge on any atom is -0.467 e. The van der Waals surface area contributed by atoms with Crippen LogP contribution in [0.3, 0.4) is 0 Å². The molecule has 1 aliphatic rings. The number of carbonyl (C=O) groups excluding carboxylic acids is 1. The lowest BCUT2D eigenvalue weighted by Crippen LogP contribution is -2.35. The summed E-state index contributed by atoms with van der Waals surface area (Å²) in [5, 5.41) is 13.8. The number of benzene rings is 1. The zero-order valence-corrected chi connectivity index (χ0v) is 17.2. The third-order valence-corrected chi connectivity index (χ3v) is 5.39. The number of nitrogens with zero attached hydrogens (tertiary/aromatic N) is 4. The molecule has 2 atom stereocenters. The fraction of sp³-hybridized carbons (Fsp3) is 0.227. The molecule has 1 aromatic carbocycles. The Hall–Kier alpha value is -4.02. The number of fused-ring (bicyclic) bond motifs is 1. The number of nitrogens with one attached hydrogen (secondary N) is 2. The van der Waals surface area contributed by atoms with Crippen LogP contribution in [0.15, 0.2) is 71.6 Å². The van der Waals surface area contributed by atoms with E-state index in [1.54, 1.807) is 23.0 Å². The minimum absolute atomic E-state index is 0.0925. The molecule has 0 radical (unpaired) electrons. The van der Waals surface area contributed by atoms with Crippen molar-refractivity contribution in [2.45, 2.75) is 31.2 Å². The monoisotopic (exact) mass is 456 g/mol. The quantitative estimate of drug-likeness (QED) is 0.457. The highest BCUT2D eigenvalue weighted by Gasteiger charge is 2.47. The lowest BCUT2D eigenvalue weighted by Gasteiger charge is -2.32. The Morgan fingerprint density at radius 3 is 2.76 bits per heavy atom. The van der Waals surface area contributed by atoms with Crippen molar-refractivity contribution in [2.24, 2.45) is 0 Å². The van der Waals surface area contributed by atoms with Crippen LogP contribution >= 0.6 is 0 Å². The number of alkyl halides is 3. The van der Waals surface area contributed by atoms with E-state index in [0.717, 1.165) is 10.2 Å². The molecule has 0 spiro atoms. The number of hydrogen-bond acceptors (Lipinski definition) is 5. The summed E-state index contributed by atoms with van der Waals surface area (Å²) < 4.78 is 49.0. The number of halogens is 3. The molecule has 8 nitrogen and oxygen atoms in total. The number of hydrogen-bond donors (Lipinski definition) is 2. The van der Waals surface area contributed by atoms with Gasteiger partial charge < -0.3 is 15.1 Å². The van der Waals surface area contributed by atoms with Crippen LogP contribution in [0.5, 0.6) is 0 Å². The molecule has 1 aliphatic heterocycles. The number of aromatic nitrogens is 4. The smallest absolute Gasteiger partial charge is 0.410 e. The second kappa shape index (κ2) is 8.15. The molecule has 0 bridgehead atoms. The predicted octanol–water partition coefficient (Wildman–Crippen LogP) is 4.63. The third kappa shape index (κ3) is 4.34. The molecule has 1 amide bonds. The summed E-state index contributed by atoms with van der Waals surface area (Å²) in [7, 11) is 0. The van der Waals surface area contributed by atoms with Crippen molar-refractivity contribution in [3.8, 4) is 0 Å². The van der Waals surface area contributed by atoms with E-state index in [1.807, 2.05) is 30.3 Å². The lowest BCUT2D eigenvalue weighted by atomic mass is 10.0. The van der Waals surface area contributed by atoms with Gasteiger partial charge in [0.15, 0.2) is 11.7 Å². The summed E-state index contributed by atoms with van der Waals surface area (Å²) in [5.74, 6) is -0.156. The standard InChI is InChI=1S/C22H19F3N6O2/c23-22(24,25)19-9-16(18-7-4-8-33-18)28-20-10-17(29-31(19)20)21(32)27-15-11-26-30(13-15)12-14-5-2-1-3-6-14/h1-8,10-11,13,16,19,28H,9,12H2,(H,27,32). The van der Waals surface area contributed by atoms with Crippen molar-refractivity contribution < 1.29 is 22.4 Å². The van der Waals surface area contributed by atoms with Crippen LogP contribution in [0, 0.1) is 0 Å². The Morgan fingerprint density at radius 1 is 1.21 bits per heavy atom. The van der Waals surface area contributed by atoms with E-state index in [9.17, 15) is 18.0 Å². The maximum atomic E-state index is 13.7. The Balaban J connectivity index is 1.34. The average Bonchev–Trinajstić information content (AvgIpc) is 3.54. The Morgan fingerprint density at radius 2 is 2.03 bits per heavy atom. The topological polar surface area (TPSA) is 89.9 Å². The van der Waals surface area contributed by atoms with Gasteiger partial charge in [-0.2, -0.15) is 23.4 Å². The first kappa shape index (κ1) is 20.9. The van der Waals surface area contributed by atoms with Gasteiger partial charge >= 0.3 is 6.18 Å². The number of furan rings is 1. The number of carbonyl (C=O) groups is 1. The van der Waals surface area contributed by atoms with Gasteiger partial charge in [0, 0.05) is 18.7 Å². The normalized spacial score (nSPS) is 17.9. The first-order valence-corrected chi connectivity index (χ1v) is 10.2. The van der Waals surface area contributed by atoms with Crippen molar-refractivity contribution in [1.82, 2.24) is 19.6 Å². The van der Waals surface area contributed by atoms with E-state index < -0.39 is 24.2 Å². The van der Waals surface area contributed by atoms with E-state index in [2.05, 4.69) is 20.8 Å². The molecule has 33 heavy (non-hydrogen) atoms. The molecular formula is C22H19F3N6O2. The highest BCUT2D eigenvalue weighted by atomic mass is 19.4. The molecule has 0 saturated carbocycles. The Kier molecular flexibility index (Phi) is 5.15. The van der Waals surface area contributed by atoms with Gasteiger partial charge in [0.05, 0.1) is 30.7 Å². The van der Waals surface area contributed by atoms with Gasteiger partial charge in [-0.05, 0) is 17.7 Å². The summed E-state index contributed by atoms with van der Waals surface area (Å²) in [6, 6.07) is 11.6. The molecular weight excluding hydrogens is 437 g/mol. The van der Waals surface area contributed by atoms with Crippen LogP contribution in [0.4, 0.5) is 24.7 Å². The molecule has 2 unspecified atom stereocenters. The molecule has 3 aromatic heterocycles. The molecule has 170 valence electrons.